The van der Waals surface area contributed by atoms with Crippen molar-refractivity contribution < 1.29 is 9.53 Å². The quantitative estimate of drug-likeness (QED) is 0.248. The van der Waals surface area contributed by atoms with Gasteiger partial charge in [0.15, 0.2) is 0 Å². The minimum atomic E-state index is 0.628. The van der Waals surface area contributed by atoms with Crippen LogP contribution < -0.4 is 0 Å². The number of rotatable bonds is 4. The van der Waals surface area contributed by atoms with Crippen LogP contribution in [-0.2, 0) is 9.53 Å². The summed E-state index contributed by atoms with van der Waals surface area (Å²) in [6.45, 7) is 4.41. The first-order valence-electron chi connectivity index (χ1n) is 3.04. The van der Waals surface area contributed by atoms with E-state index < -0.39 is 0 Å². The maximum atomic E-state index is 9.95. The van der Waals surface area contributed by atoms with E-state index in [2.05, 4.69) is 0 Å². The number of hydrogen-bond acceptors (Lipinski definition) is 2. The van der Waals surface area contributed by atoms with Crippen molar-refractivity contribution in [2.24, 2.45) is 0 Å². The van der Waals surface area contributed by atoms with Crippen molar-refractivity contribution in [1.29, 1.82) is 0 Å². The molecule has 0 aliphatic heterocycles. The molecule has 0 aromatic carbocycles. The van der Waals surface area contributed by atoms with E-state index in [0.29, 0.717) is 12.2 Å². The smallest absolute Gasteiger partial charge is 0.148 e. The molecule has 0 spiro atoms. The second-order valence-corrected chi connectivity index (χ2v) is 1.85. The maximum Gasteiger partial charge on any atom is 0.148 e. The molecule has 52 valence electrons. The Bertz CT molecular complexity index is 105. The summed E-state index contributed by atoms with van der Waals surface area (Å²) in [5.41, 5.74) is 0.628. The molecular weight excluding hydrogens is 116 g/mol. The van der Waals surface area contributed by atoms with Crippen molar-refractivity contribution in [3.05, 3.63) is 11.8 Å². The zero-order valence-corrected chi connectivity index (χ0v) is 5.89. The third kappa shape index (κ3) is 5.07. The highest BCUT2D eigenvalue weighted by molar-refractivity contribution is 5.71. The first-order chi connectivity index (χ1) is 4.31. The lowest BCUT2D eigenvalue weighted by atomic mass is 10.4. The molecule has 0 aromatic rings. The van der Waals surface area contributed by atoms with Crippen LogP contribution in [0.3, 0.4) is 0 Å². The van der Waals surface area contributed by atoms with Gasteiger partial charge in [-0.25, -0.2) is 0 Å². The lowest BCUT2D eigenvalue weighted by Gasteiger charge is -1.94. The van der Waals surface area contributed by atoms with Crippen molar-refractivity contribution in [2.45, 2.75) is 20.3 Å². The summed E-state index contributed by atoms with van der Waals surface area (Å²) in [7, 11) is 0. The Balaban J connectivity index is 3.31. The van der Waals surface area contributed by atoms with Gasteiger partial charge in [0.1, 0.15) is 6.29 Å². The van der Waals surface area contributed by atoms with Gasteiger partial charge in [0.25, 0.3) is 0 Å². The number of allylic oxidation sites excluding steroid dienone is 1. The van der Waals surface area contributed by atoms with Gasteiger partial charge in [-0.1, -0.05) is 6.92 Å². The third-order valence-electron chi connectivity index (χ3n) is 0.777. The van der Waals surface area contributed by atoms with Gasteiger partial charge in [0.2, 0.25) is 0 Å². The van der Waals surface area contributed by atoms with E-state index in [4.69, 9.17) is 4.74 Å². The number of aldehydes is 1. The summed E-state index contributed by atoms with van der Waals surface area (Å²) >= 11 is 0. The summed E-state index contributed by atoms with van der Waals surface area (Å²) in [5, 5.41) is 0. The Labute approximate surface area is 55.5 Å². The molecule has 9 heavy (non-hydrogen) atoms. The topological polar surface area (TPSA) is 26.3 Å². The summed E-state index contributed by atoms with van der Waals surface area (Å²) < 4.78 is 4.94. The van der Waals surface area contributed by atoms with Gasteiger partial charge in [-0.05, 0) is 13.3 Å². The summed E-state index contributed by atoms with van der Waals surface area (Å²) in [6, 6.07) is 0. The van der Waals surface area contributed by atoms with Crippen LogP contribution in [0.1, 0.15) is 20.3 Å². The second kappa shape index (κ2) is 5.35. The van der Waals surface area contributed by atoms with Gasteiger partial charge in [-0.3, -0.25) is 4.79 Å². The van der Waals surface area contributed by atoms with Crippen molar-refractivity contribution in [2.75, 3.05) is 6.61 Å². The molecule has 0 atom stereocenters. The number of carbonyl (C=O) groups excluding carboxylic acids is 1. The maximum absolute atomic E-state index is 9.95. The van der Waals surface area contributed by atoms with Crippen LogP contribution in [0.2, 0.25) is 0 Å². The standard InChI is InChI=1S/C7H12O2/c1-3-4-9-6-7(2)5-8/h5-6H,3-4H2,1-2H3/b7-6+. The predicted octanol–water partition coefficient (Wildman–Crippen LogP) is 1.52. The molecule has 0 rings (SSSR count). The van der Waals surface area contributed by atoms with E-state index in [9.17, 15) is 4.79 Å². The van der Waals surface area contributed by atoms with E-state index in [1.54, 1.807) is 6.92 Å². The Hall–Kier alpha value is -0.790. The van der Waals surface area contributed by atoms with Crippen LogP contribution in [0, 0.1) is 0 Å². The van der Waals surface area contributed by atoms with Crippen LogP contribution in [-0.4, -0.2) is 12.9 Å². The highest BCUT2D eigenvalue weighted by atomic mass is 16.5. The van der Waals surface area contributed by atoms with E-state index in [1.165, 1.54) is 6.26 Å². The molecule has 0 unspecified atom stereocenters. The Morgan fingerprint density at radius 1 is 1.67 bits per heavy atom. The fourth-order valence-corrected chi connectivity index (χ4v) is 0.336. The molecule has 0 heterocycles. The van der Waals surface area contributed by atoms with Crippen molar-refractivity contribution in [3.8, 4) is 0 Å². The summed E-state index contributed by atoms with van der Waals surface area (Å²) in [6.07, 6.45) is 3.23. The summed E-state index contributed by atoms with van der Waals surface area (Å²) in [5.74, 6) is 0. The molecule has 0 aliphatic carbocycles. The van der Waals surface area contributed by atoms with Gasteiger partial charge < -0.3 is 4.74 Å². The molecule has 0 N–H and O–H groups in total. The molecule has 0 bridgehead atoms. The fourth-order valence-electron chi connectivity index (χ4n) is 0.336. The molecule has 0 aliphatic rings. The molecule has 0 aromatic heterocycles. The van der Waals surface area contributed by atoms with Gasteiger partial charge in [-0.2, -0.15) is 0 Å². The molecule has 2 heteroatoms. The van der Waals surface area contributed by atoms with Crippen LogP contribution in [0.5, 0.6) is 0 Å². The lowest BCUT2D eigenvalue weighted by Crippen LogP contribution is -1.85. The SMILES string of the molecule is CCCO/C=C(\C)C=O. The Morgan fingerprint density at radius 3 is 2.78 bits per heavy atom. The summed E-state index contributed by atoms with van der Waals surface area (Å²) in [4.78, 5) is 9.95. The van der Waals surface area contributed by atoms with E-state index in [-0.39, 0.29) is 0 Å². The first-order valence-corrected chi connectivity index (χ1v) is 3.04. The van der Waals surface area contributed by atoms with Crippen LogP contribution >= 0.6 is 0 Å². The average Bonchev–Trinajstić information content (AvgIpc) is 1.89. The predicted molar refractivity (Wildman–Crippen MR) is 36.1 cm³/mol. The Morgan fingerprint density at radius 2 is 2.33 bits per heavy atom. The largest absolute Gasteiger partial charge is 0.501 e. The highest BCUT2D eigenvalue weighted by Gasteiger charge is 1.81. The number of carbonyl (C=O) groups is 1. The first kappa shape index (κ1) is 8.21. The van der Waals surface area contributed by atoms with E-state index in [0.717, 1.165) is 12.7 Å². The van der Waals surface area contributed by atoms with Gasteiger partial charge in [0, 0.05) is 5.57 Å². The molecule has 0 radical (unpaired) electrons. The van der Waals surface area contributed by atoms with Crippen LogP contribution in [0.25, 0.3) is 0 Å². The van der Waals surface area contributed by atoms with Gasteiger partial charge in [-0.15, -0.1) is 0 Å². The lowest BCUT2D eigenvalue weighted by molar-refractivity contribution is -0.105. The monoisotopic (exact) mass is 128 g/mol. The molecule has 0 amide bonds. The fraction of sp³-hybridized carbons (Fsp3) is 0.571. The minimum absolute atomic E-state index is 0.628. The molecular formula is C7H12O2. The molecule has 2 nitrogen and oxygen atoms in total. The minimum Gasteiger partial charge on any atom is -0.501 e. The zero-order chi connectivity index (χ0) is 7.11. The van der Waals surface area contributed by atoms with Crippen LogP contribution in [0.4, 0.5) is 0 Å². The average molecular weight is 128 g/mol. The molecule has 0 saturated heterocycles. The normalized spacial score (nSPS) is 11.1. The van der Waals surface area contributed by atoms with E-state index >= 15 is 0 Å². The van der Waals surface area contributed by atoms with Crippen LogP contribution in [0.15, 0.2) is 11.8 Å². The van der Waals surface area contributed by atoms with Crippen molar-refractivity contribution >= 4 is 6.29 Å². The van der Waals surface area contributed by atoms with E-state index in [1.807, 2.05) is 6.92 Å². The second-order valence-electron chi connectivity index (χ2n) is 1.85. The third-order valence-corrected chi connectivity index (χ3v) is 0.777. The number of hydrogen-bond donors (Lipinski definition) is 0. The van der Waals surface area contributed by atoms with Gasteiger partial charge >= 0.3 is 0 Å². The molecule has 0 fully saturated rings. The zero-order valence-electron chi connectivity index (χ0n) is 5.89. The van der Waals surface area contributed by atoms with Crippen molar-refractivity contribution in [3.63, 3.8) is 0 Å². The number of ether oxygens (including phenoxy) is 1. The Kier molecular flexibility index (Phi) is 4.88. The van der Waals surface area contributed by atoms with Gasteiger partial charge in [0.05, 0.1) is 12.9 Å². The highest BCUT2D eigenvalue weighted by Crippen LogP contribution is 1.88. The van der Waals surface area contributed by atoms with Crippen molar-refractivity contribution in [1.82, 2.24) is 0 Å². The molecule has 0 saturated carbocycles.